The van der Waals surface area contributed by atoms with Crippen molar-refractivity contribution in [2.45, 2.75) is 64.1 Å². The van der Waals surface area contributed by atoms with Gasteiger partial charge in [-0.05, 0) is 91.7 Å². The second kappa shape index (κ2) is 14.9. The van der Waals surface area contributed by atoms with Gasteiger partial charge in [-0.1, -0.05) is 48.0 Å². The Bertz CT molecular complexity index is 1480. The molecule has 0 aliphatic carbocycles. The van der Waals surface area contributed by atoms with Gasteiger partial charge in [-0.25, -0.2) is 4.39 Å². The maximum Gasteiger partial charge on any atom is 0.246 e. The molecule has 3 amide bonds. The Morgan fingerprint density at radius 2 is 1.77 bits per heavy atom. The van der Waals surface area contributed by atoms with Crippen LogP contribution in [0.3, 0.4) is 0 Å². The molecule has 3 aromatic carbocycles. The zero-order valence-electron chi connectivity index (χ0n) is 24.2. The van der Waals surface area contributed by atoms with Crippen LogP contribution in [0.15, 0.2) is 66.7 Å². The van der Waals surface area contributed by atoms with Crippen molar-refractivity contribution in [2.75, 3.05) is 11.9 Å². The molecular formula is C33H37ClFN5O3. The molecule has 0 spiro atoms. The number of rotatable bonds is 12. The molecule has 0 radical (unpaired) electrons. The molecule has 2 atom stereocenters. The number of unbranched alkanes of at least 4 members (excludes halogenated alkanes) is 1. The summed E-state index contributed by atoms with van der Waals surface area (Å²) in [4.78, 5) is 42.2. The fourth-order valence-electron chi connectivity index (χ4n) is 5.17. The molecule has 0 fully saturated rings. The zero-order valence-corrected chi connectivity index (χ0v) is 24.9. The summed E-state index contributed by atoms with van der Waals surface area (Å²) >= 11 is 6.13. The van der Waals surface area contributed by atoms with E-state index in [1.165, 1.54) is 29.2 Å². The Kier molecular flexibility index (Phi) is 11.0. The molecule has 10 heteroatoms. The van der Waals surface area contributed by atoms with Gasteiger partial charge in [0.15, 0.2) is 0 Å². The standard InChI is InChI=1S/C33H37ClFN5O3/c1-21-18-26(13-14-27(21)34)38-32(42)29(8-4-5-17-36)39-33(43)30-19-23-6-2-3-7-24(23)20-40(30)31(41)16-15-28(37)22-9-11-25(35)12-10-22/h2-3,6-7,9-14,18,29-30,37H,4-5,8,15-17,19-20,36H2,1H3,(H,38,42)(H,39,43)/t29-,30?/m0/s1. The van der Waals surface area contributed by atoms with Crippen molar-refractivity contribution >= 4 is 40.7 Å². The van der Waals surface area contributed by atoms with Gasteiger partial charge in [-0.15, -0.1) is 0 Å². The van der Waals surface area contributed by atoms with Crippen LogP contribution in [-0.4, -0.2) is 47.0 Å². The maximum absolute atomic E-state index is 13.8. The van der Waals surface area contributed by atoms with Crippen LogP contribution in [0, 0.1) is 18.2 Å². The molecule has 0 saturated carbocycles. The number of benzene rings is 3. The summed E-state index contributed by atoms with van der Waals surface area (Å²) in [6.45, 7) is 2.55. The van der Waals surface area contributed by atoms with Crippen molar-refractivity contribution in [3.8, 4) is 0 Å². The van der Waals surface area contributed by atoms with E-state index >= 15 is 0 Å². The van der Waals surface area contributed by atoms with Crippen LogP contribution < -0.4 is 16.4 Å². The summed E-state index contributed by atoms with van der Waals surface area (Å²) in [6.07, 6.45) is 2.17. The highest BCUT2D eigenvalue weighted by atomic mass is 35.5. The monoisotopic (exact) mass is 605 g/mol. The lowest BCUT2D eigenvalue weighted by Crippen LogP contribution is -2.56. The van der Waals surface area contributed by atoms with E-state index in [9.17, 15) is 18.8 Å². The van der Waals surface area contributed by atoms with Crippen molar-refractivity contribution in [3.63, 3.8) is 0 Å². The fourth-order valence-corrected chi connectivity index (χ4v) is 5.29. The Balaban J connectivity index is 1.50. The second-order valence-electron chi connectivity index (χ2n) is 10.8. The second-order valence-corrected chi connectivity index (χ2v) is 11.2. The molecule has 1 aliphatic heterocycles. The van der Waals surface area contributed by atoms with E-state index in [4.69, 9.17) is 22.7 Å². The predicted octanol–water partition coefficient (Wildman–Crippen LogP) is 5.14. The van der Waals surface area contributed by atoms with Crippen molar-refractivity contribution in [3.05, 3.63) is 99.8 Å². The van der Waals surface area contributed by atoms with Crippen molar-refractivity contribution in [2.24, 2.45) is 5.73 Å². The maximum atomic E-state index is 13.8. The lowest BCUT2D eigenvalue weighted by atomic mass is 9.92. The molecule has 0 saturated heterocycles. The molecule has 1 heterocycles. The highest BCUT2D eigenvalue weighted by Crippen LogP contribution is 2.25. The first-order valence-corrected chi connectivity index (χ1v) is 14.8. The van der Waals surface area contributed by atoms with Crippen LogP contribution in [0.25, 0.3) is 0 Å². The van der Waals surface area contributed by atoms with Crippen molar-refractivity contribution in [1.82, 2.24) is 10.2 Å². The molecule has 0 aromatic heterocycles. The van der Waals surface area contributed by atoms with Gasteiger partial charge in [0.1, 0.15) is 17.9 Å². The summed E-state index contributed by atoms with van der Waals surface area (Å²) in [5, 5.41) is 14.7. The number of carbonyl (C=O) groups excluding carboxylic acids is 3. The van der Waals surface area contributed by atoms with Gasteiger partial charge in [-0.2, -0.15) is 0 Å². The van der Waals surface area contributed by atoms with Gasteiger partial charge in [0.05, 0.1) is 0 Å². The third-order valence-corrected chi connectivity index (χ3v) is 8.08. The van der Waals surface area contributed by atoms with Crippen LogP contribution in [0.1, 0.15) is 54.4 Å². The average Bonchev–Trinajstić information content (AvgIpc) is 3.00. The summed E-state index contributed by atoms with van der Waals surface area (Å²) < 4.78 is 13.3. The minimum absolute atomic E-state index is 0.0124. The number of anilines is 1. The number of aryl methyl sites for hydroxylation is 1. The van der Waals surface area contributed by atoms with Crippen LogP contribution in [0.4, 0.5) is 10.1 Å². The summed E-state index contributed by atoms with van der Waals surface area (Å²) in [5.41, 5.74) is 9.71. The van der Waals surface area contributed by atoms with Gasteiger partial charge >= 0.3 is 0 Å². The summed E-state index contributed by atoms with van der Waals surface area (Å²) in [6, 6.07) is 16.7. The number of hydrogen-bond acceptors (Lipinski definition) is 5. The van der Waals surface area contributed by atoms with Crippen LogP contribution in [0.5, 0.6) is 0 Å². The number of nitrogens with two attached hydrogens (primary N) is 1. The molecule has 5 N–H and O–H groups in total. The van der Waals surface area contributed by atoms with E-state index in [2.05, 4.69) is 10.6 Å². The largest absolute Gasteiger partial charge is 0.342 e. The molecule has 226 valence electrons. The van der Waals surface area contributed by atoms with Crippen molar-refractivity contribution < 1.29 is 18.8 Å². The Labute approximate surface area is 256 Å². The smallest absolute Gasteiger partial charge is 0.246 e. The summed E-state index contributed by atoms with van der Waals surface area (Å²) in [7, 11) is 0. The lowest BCUT2D eigenvalue weighted by molar-refractivity contribution is -0.142. The molecule has 3 aromatic rings. The van der Waals surface area contributed by atoms with E-state index < -0.39 is 23.8 Å². The zero-order chi connectivity index (χ0) is 30.9. The third kappa shape index (κ3) is 8.49. The molecule has 43 heavy (non-hydrogen) atoms. The number of carbonyl (C=O) groups is 3. The minimum Gasteiger partial charge on any atom is -0.342 e. The van der Waals surface area contributed by atoms with E-state index in [0.29, 0.717) is 48.5 Å². The number of fused-ring (bicyclic) bond motifs is 1. The summed E-state index contributed by atoms with van der Waals surface area (Å²) in [5.74, 6) is -1.46. The van der Waals surface area contributed by atoms with Gasteiger partial charge in [-0.3, -0.25) is 14.4 Å². The number of nitrogens with zero attached hydrogens (tertiary/aromatic N) is 1. The fraction of sp³-hybridized carbons (Fsp3) is 0.333. The number of halogens is 2. The molecule has 1 unspecified atom stereocenters. The van der Waals surface area contributed by atoms with Gasteiger partial charge in [0.25, 0.3) is 0 Å². The Hall–Kier alpha value is -4.08. The predicted molar refractivity (Wildman–Crippen MR) is 167 cm³/mol. The van der Waals surface area contributed by atoms with Gasteiger partial charge in [0, 0.05) is 35.8 Å². The number of hydrogen-bond donors (Lipinski definition) is 4. The Morgan fingerprint density at radius 1 is 1.05 bits per heavy atom. The van der Waals surface area contributed by atoms with E-state index in [1.807, 2.05) is 31.2 Å². The molecule has 4 rings (SSSR count). The normalized spacial score (nSPS) is 14.9. The van der Waals surface area contributed by atoms with E-state index in [0.717, 1.165) is 16.7 Å². The first-order valence-electron chi connectivity index (χ1n) is 14.4. The quantitative estimate of drug-likeness (QED) is 0.168. The third-order valence-electron chi connectivity index (χ3n) is 7.66. The SMILES string of the molecule is Cc1cc(NC(=O)[C@H](CCCCN)NC(=O)C2Cc3ccccc3CN2C(=O)CCC(=N)c2ccc(F)cc2)ccc1Cl. The first-order chi connectivity index (χ1) is 20.7. The van der Waals surface area contributed by atoms with E-state index in [-0.39, 0.29) is 36.9 Å². The van der Waals surface area contributed by atoms with Gasteiger partial charge < -0.3 is 26.7 Å². The molecule has 8 nitrogen and oxygen atoms in total. The topological polar surface area (TPSA) is 128 Å². The van der Waals surface area contributed by atoms with Crippen molar-refractivity contribution in [1.29, 1.82) is 5.41 Å². The number of nitrogens with one attached hydrogen (secondary N) is 3. The van der Waals surface area contributed by atoms with Crippen LogP contribution in [0.2, 0.25) is 5.02 Å². The molecular weight excluding hydrogens is 569 g/mol. The average molecular weight is 606 g/mol. The number of amides is 3. The lowest BCUT2D eigenvalue weighted by Gasteiger charge is -2.37. The van der Waals surface area contributed by atoms with Gasteiger partial charge in [0.2, 0.25) is 17.7 Å². The van der Waals surface area contributed by atoms with E-state index in [1.54, 1.807) is 18.2 Å². The minimum atomic E-state index is -0.837. The highest BCUT2D eigenvalue weighted by molar-refractivity contribution is 6.31. The van der Waals surface area contributed by atoms with Crippen LogP contribution >= 0.6 is 11.6 Å². The highest BCUT2D eigenvalue weighted by Gasteiger charge is 2.36. The first kappa shape index (κ1) is 31.8. The molecule has 0 bridgehead atoms. The van der Waals surface area contributed by atoms with Crippen LogP contribution in [-0.2, 0) is 27.3 Å². The Morgan fingerprint density at radius 3 is 2.47 bits per heavy atom. The molecule has 1 aliphatic rings.